The zero-order valence-corrected chi connectivity index (χ0v) is 7.04. The van der Waals surface area contributed by atoms with Gasteiger partial charge in [-0.25, -0.2) is 0 Å². The standard InChI is InChI=1S/C7H13NO.ClH/c1-9-7-2-6(3-7,4-7)5-8;/h2-5,8H2,1H3;1H. The van der Waals surface area contributed by atoms with E-state index in [1.54, 1.807) is 7.11 Å². The van der Waals surface area contributed by atoms with Crippen LogP contribution in [0.1, 0.15) is 19.3 Å². The average Bonchev–Trinajstić information content (AvgIpc) is 1.62. The first kappa shape index (κ1) is 8.31. The molecule has 60 valence electrons. The summed E-state index contributed by atoms with van der Waals surface area (Å²) in [6.45, 7) is 0.859. The van der Waals surface area contributed by atoms with E-state index < -0.39 is 0 Å². The van der Waals surface area contributed by atoms with Crippen molar-refractivity contribution in [3.63, 3.8) is 0 Å². The molecular formula is C7H14ClNO. The van der Waals surface area contributed by atoms with Crippen LogP contribution >= 0.6 is 12.4 Å². The number of ether oxygens (including phenoxy) is 1. The highest BCUT2D eigenvalue weighted by Gasteiger charge is 2.67. The molecule has 0 aliphatic heterocycles. The van der Waals surface area contributed by atoms with Crippen molar-refractivity contribution in [2.45, 2.75) is 24.9 Å². The zero-order valence-electron chi connectivity index (χ0n) is 6.22. The minimum absolute atomic E-state index is 0. The van der Waals surface area contributed by atoms with E-state index in [1.807, 2.05) is 0 Å². The van der Waals surface area contributed by atoms with Gasteiger partial charge in [-0.15, -0.1) is 12.4 Å². The molecule has 3 heteroatoms. The molecule has 0 aromatic heterocycles. The highest BCUT2D eigenvalue weighted by atomic mass is 35.5. The number of hydrogen-bond donors (Lipinski definition) is 1. The SMILES string of the molecule is COC12CC(CN)(C1)C2.Cl. The Hall–Kier alpha value is 0.210. The van der Waals surface area contributed by atoms with E-state index in [4.69, 9.17) is 10.5 Å². The van der Waals surface area contributed by atoms with Gasteiger partial charge in [0.1, 0.15) is 0 Å². The van der Waals surface area contributed by atoms with Gasteiger partial charge in [0.05, 0.1) is 5.60 Å². The number of rotatable bonds is 2. The Kier molecular flexibility index (Phi) is 1.74. The van der Waals surface area contributed by atoms with Crippen LogP contribution in [0.2, 0.25) is 0 Å². The van der Waals surface area contributed by atoms with E-state index in [0.717, 1.165) is 6.54 Å². The molecule has 0 heterocycles. The van der Waals surface area contributed by atoms with Crippen molar-refractivity contribution in [2.75, 3.05) is 13.7 Å². The van der Waals surface area contributed by atoms with Crippen LogP contribution in [0.5, 0.6) is 0 Å². The van der Waals surface area contributed by atoms with E-state index in [-0.39, 0.29) is 12.4 Å². The molecule has 3 rings (SSSR count). The second kappa shape index (κ2) is 2.10. The molecule has 3 saturated carbocycles. The summed E-state index contributed by atoms with van der Waals surface area (Å²) in [5.41, 5.74) is 6.38. The summed E-state index contributed by atoms with van der Waals surface area (Å²) in [6, 6.07) is 0. The lowest BCUT2D eigenvalue weighted by Gasteiger charge is -2.69. The molecule has 0 aromatic carbocycles. The van der Waals surface area contributed by atoms with Crippen molar-refractivity contribution in [2.24, 2.45) is 11.1 Å². The van der Waals surface area contributed by atoms with Gasteiger partial charge in [-0.1, -0.05) is 0 Å². The molecule has 2 N–H and O–H groups in total. The van der Waals surface area contributed by atoms with Crippen LogP contribution in [0.15, 0.2) is 0 Å². The Bertz CT molecular complexity index is 115. The van der Waals surface area contributed by atoms with Gasteiger partial charge in [0.25, 0.3) is 0 Å². The van der Waals surface area contributed by atoms with Crippen molar-refractivity contribution in [3.8, 4) is 0 Å². The van der Waals surface area contributed by atoms with Crippen LogP contribution in [-0.4, -0.2) is 19.3 Å². The Labute approximate surface area is 67.5 Å². The van der Waals surface area contributed by atoms with Gasteiger partial charge in [0.15, 0.2) is 0 Å². The predicted molar refractivity (Wildman–Crippen MR) is 42.3 cm³/mol. The second-order valence-corrected chi connectivity index (χ2v) is 3.62. The molecule has 2 bridgehead atoms. The molecule has 2 nitrogen and oxygen atoms in total. The first-order valence-electron chi connectivity index (χ1n) is 3.50. The summed E-state index contributed by atoms with van der Waals surface area (Å²) in [7, 11) is 1.81. The van der Waals surface area contributed by atoms with Crippen molar-refractivity contribution >= 4 is 12.4 Å². The summed E-state index contributed by atoms with van der Waals surface area (Å²) >= 11 is 0. The smallest absolute Gasteiger partial charge is 0.0696 e. The number of nitrogens with two attached hydrogens (primary N) is 1. The first-order chi connectivity index (χ1) is 4.24. The maximum Gasteiger partial charge on any atom is 0.0696 e. The fourth-order valence-electron chi connectivity index (χ4n) is 2.33. The van der Waals surface area contributed by atoms with E-state index >= 15 is 0 Å². The van der Waals surface area contributed by atoms with E-state index in [2.05, 4.69) is 0 Å². The van der Waals surface area contributed by atoms with Crippen molar-refractivity contribution in [1.29, 1.82) is 0 Å². The molecule has 0 radical (unpaired) electrons. The lowest BCUT2D eigenvalue weighted by molar-refractivity contribution is -0.268. The van der Waals surface area contributed by atoms with Crippen LogP contribution in [-0.2, 0) is 4.74 Å². The number of halogens is 1. The van der Waals surface area contributed by atoms with Gasteiger partial charge in [-0.2, -0.15) is 0 Å². The van der Waals surface area contributed by atoms with Crippen molar-refractivity contribution in [3.05, 3.63) is 0 Å². The quantitative estimate of drug-likeness (QED) is 0.658. The normalized spacial score (nSPS) is 48.6. The fourth-order valence-corrected chi connectivity index (χ4v) is 2.33. The van der Waals surface area contributed by atoms with Gasteiger partial charge in [-0.05, 0) is 31.2 Å². The van der Waals surface area contributed by atoms with E-state index in [1.165, 1.54) is 19.3 Å². The van der Waals surface area contributed by atoms with E-state index in [0.29, 0.717) is 11.0 Å². The number of hydrogen-bond acceptors (Lipinski definition) is 2. The Balaban J connectivity index is 0.000000500. The van der Waals surface area contributed by atoms with Crippen LogP contribution in [0.4, 0.5) is 0 Å². The summed E-state index contributed by atoms with van der Waals surface area (Å²) < 4.78 is 5.31. The Morgan fingerprint density at radius 3 is 2.20 bits per heavy atom. The second-order valence-electron chi connectivity index (χ2n) is 3.62. The fraction of sp³-hybridized carbons (Fsp3) is 1.00. The minimum atomic E-state index is 0. The summed E-state index contributed by atoms with van der Waals surface area (Å²) in [5.74, 6) is 0. The molecular weight excluding hydrogens is 150 g/mol. The largest absolute Gasteiger partial charge is 0.378 e. The monoisotopic (exact) mass is 163 g/mol. The molecule has 0 atom stereocenters. The molecule has 0 aromatic rings. The van der Waals surface area contributed by atoms with Gasteiger partial charge in [0.2, 0.25) is 0 Å². The third-order valence-electron chi connectivity index (χ3n) is 2.96. The molecule has 0 spiro atoms. The minimum Gasteiger partial charge on any atom is -0.378 e. The summed E-state index contributed by atoms with van der Waals surface area (Å²) in [4.78, 5) is 0. The summed E-state index contributed by atoms with van der Waals surface area (Å²) in [6.07, 6.45) is 3.65. The van der Waals surface area contributed by atoms with Gasteiger partial charge < -0.3 is 10.5 Å². The maximum absolute atomic E-state index is 5.56. The van der Waals surface area contributed by atoms with Gasteiger partial charge >= 0.3 is 0 Å². The summed E-state index contributed by atoms with van der Waals surface area (Å²) in [5, 5.41) is 0. The lowest BCUT2D eigenvalue weighted by atomic mass is 9.41. The Morgan fingerprint density at radius 2 is 1.90 bits per heavy atom. The van der Waals surface area contributed by atoms with Crippen molar-refractivity contribution < 1.29 is 4.74 Å². The highest BCUT2D eigenvalue weighted by molar-refractivity contribution is 5.85. The molecule has 3 aliphatic rings. The van der Waals surface area contributed by atoms with Crippen LogP contribution in [0.3, 0.4) is 0 Å². The molecule has 10 heavy (non-hydrogen) atoms. The molecule has 0 unspecified atom stereocenters. The third kappa shape index (κ3) is 0.728. The molecule has 3 aliphatic carbocycles. The van der Waals surface area contributed by atoms with Gasteiger partial charge in [-0.3, -0.25) is 0 Å². The van der Waals surface area contributed by atoms with Gasteiger partial charge in [0, 0.05) is 7.11 Å². The van der Waals surface area contributed by atoms with E-state index in [9.17, 15) is 0 Å². The molecule has 0 saturated heterocycles. The first-order valence-corrected chi connectivity index (χ1v) is 3.50. The number of methoxy groups -OCH3 is 1. The van der Waals surface area contributed by atoms with Crippen molar-refractivity contribution in [1.82, 2.24) is 0 Å². The van der Waals surface area contributed by atoms with Crippen LogP contribution < -0.4 is 5.73 Å². The predicted octanol–water partition coefficient (Wildman–Crippen LogP) is 0.936. The molecule has 3 fully saturated rings. The highest BCUT2D eigenvalue weighted by Crippen LogP contribution is 2.68. The molecule has 0 amide bonds. The van der Waals surface area contributed by atoms with Crippen LogP contribution in [0, 0.1) is 5.41 Å². The lowest BCUT2D eigenvalue weighted by Crippen LogP contribution is -2.70. The Morgan fingerprint density at radius 1 is 1.40 bits per heavy atom. The maximum atomic E-state index is 5.56. The van der Waals surface area contributed by atoms with Crippen LogP contribution in [0.25, 0.3) is 0 Å². The average molecular weight is 164 g/mol. The topological polar surface area (TPSA) is 35.2 Å². The third-order valence-corrected chi connectivity index (χ3v) is 2.96. The zero-order chi connectivity index (χ0) is 6.54.